The van der Waals surface area contributed by atoms with Crippen LogP contribution < -0.4 is 0 Å². The molecule has 0 heterocycles. The Kier molecular flexibility index (Phi) is 8.21. The monoisotopic (exact) mass is 228 g/mol. The standard InChI is InChI=1S/C12H20O4/c1-4-10(12(14)16-6-3)8-7-9-11(13)15-5-2/h4H,5-9H2,1-3H3. The number of hydrogen-bond donors (Lipinski definition) is 0. The van der Waals surface area contributed by atoms with Crippen LogP contribution in [0, 0.1) is 0 Å². The average Bonchev–Trinajstić information content (AvgIpc) is 2.25. The number of carbonyl (C=O) groups is 2. The Bertz CT molecular complexity index is 256. The molecule has 4 heteroatoms. The Balaban J connectivity index is 3.89. The van der Waals surface area contributed by atoms with Gasteiger partial charge in [0.25, 0.3) is 0 Å². The lowest BCUT2D eigenvalue weighted by Crippen LogP contribution is -2.09. The summed E-state index contributed by atoms with van der Waals surface area (Å²) in [7, 11) is 0. The van der Waals surface area contributed by atoms with E-state index in [0.29, 0.717) is 38.0 Å². The molecule has 0 aromatic carbocycles. The van der Waals surface area contributed by atoms with Gasteiger partial charge < -0.3 is 9.47 Å². The van der Waals surface area contributed by atoms with Gasteiger partial charge in [-0.15, -0.1) is 0 Å². The maximum atomic E-state index is 11.4. The highest BCUT2D eigenvalue weighted by molar-refractivity contribution is 5.88. The van der Waals surface area contributed by atoms with Gasteiger partial charge in [0.2, 0.25) is 0 Å². The summed E-state index contributed by atoms with van der Waals surface area (Å²) in [6.45, 7) is 6.09. The summed E-state index contributed by atoms with van der Waals surface area (Å²) in [6.07, 6.45) is 3.22. The molecule has 0 amide bonds. The van der Waals surface area contributed by atoms with E-state index >= 15 is 0 Å². The first-order chi connectivity index (χ1) is 7.65. The van der Waals surface area contributed by atoms with Crippen molar-refractivity contribution in [2.45, 2.75) is 40.0 Å². The van der Waals surface area contributed by atoms with Crippen LogP contribution in [-0.4, -0.2) is 25.2 Å². The second-order valence-corrected chi connectivity index (χ2v) is 3.19. The summed E-state index contributed by atoms with van der Waals surface area (Å²) in [5.74, 6) is -0.518. The summed E-state index contributed by atoms with van der Waals surface area (Å²) in [6, 6.07) is 0. The minimum atomic E-state index is -0.297. The molecule has 0 aliphatic heterocycles. The fourth-order valence-electron chi connectivity index (χ4n) is 1.24. The molecule has 0 aromatic rings. The molecule has 0 rings (SSSR count). The van der Waals surface area contributed by atoms with Gasteiger partial charge in [0, 0.05) is 12.0 Å². The maximum Gasteiger partial charge on any atom is 0.333 e. The molecule has 0 radical (unpaired) electrons. The van der Waals surface area contributed by atoms with Crippen LogP contribution in [0.15, 0.2) is 11.6 Å². The molecule has 0 aromatic heterocycles. The quantitative estimate of drug-likeness (QED) is 0.495. The Hall–Kier alpha value is -1.32. The van der Waals surface area contributed by atoms with Crippen molar-refractivity contribution in [3.05, 3.63) is 11.6 Å². The molecule has 0 spiro atoms. The first-order valence-corrected chi connectivity index (χ1v) is 5.63. The van der Waals surface area contributed by atoms with Crippen molar-refractivity contribution in [2.24, 2.45) is 0 Å². The first kappa shape index (κ1) is 14.7. The van der Waals surface area contributed by atoms with Gasteiger partial charge in [-0.25, -0.2) is 4.79 Å². The highest BCUT2D eigenvalue weighted by Gasteiger charge is 2.10. The largest absolute Gasteiger partial charge is 0.466 e. The predicted molar refractivity (Wildman–Crippen MR) is 60.9 cm³/mol. The zero-order chi connectivity index (χ0) is 12.4. The van der Waals surface area contributed by atoms with Crippen LogP contribution in [0.4, 0.5) is 0 Å². The molecule has 0 atom stereocenters. The Labute approximate surface area is 96.6 Å². The van der Waals surface area contributed by atoms with Gasteiger partial charge in [0.05, 0.1) is 13.2 Å². The van der Waals surface area contributed by atoms with E-state index in [1.807, 2.05) is 0 Å². The second kappa shape index (κ2) is 8.95. The summed E-state index contributed by atoms with van der Waals surface area (Å²) >= 11 is 0. The lowest BCUT2D eigenvalue weighted by Gasteiger charge is -2.06. The average molecular weight is 228 g/mol. The van der Waals surface area contributed by atoms with Crippen LogP contribution in [0.25, 0.3) is 0 Å². The number of allylic oxidation sites excluding steroid dienone is 1. The van der Waals surface area contributed by atoms with Crippen LogP contribution >= 0.6 is 0 Å². The van der Waals surface area contributed by atoms with E-state index in [1.54, 1.807) is 26.8 Å². The van der Waals surface area contributed by atoms with Gasteiger partial charge in [-0.2, -0.15) is 0 Å². The lowest BCUT2D eigenvalue weighted by atomic mass is 10.1. The lowest BCUT2D eigenvalue weighted by molar-refractivity contribution is -0.143. The van der Waals surface area contributed by atoms with Crippen LogP contribution in [0.5, 0.6) is 0 Å². The second-order valence-electron chi connectivity index (χ2n) is 3.19. The Morgan fingerprint density at radius 2 is 1.69 bits per heavy atom. The zero-order valence-electron chi connectivity index (χ0n) is 10.2. The normalized spacial score (nSPS) is 11.1. The molecule has 16 heavy (non-hydrogen) atoms. The van der Waals surface area contributed by atoms with Gasteiger partial charge in [0.15, 0.2) is 0 Å². The van der Waals surface area contributed by atoms with Crippen molar-refractivity contribution < 1.29 is 19.1 Å². The van der Waals surface area contributed by atoms with Crippen LogP contribution in [-0.2, 0) is 19.1 Å². The molecule has 4 nitrogen and oxygen atoms in total. The smallest absolute Gasteiger partial charge is 0.333 e. The molecule has 0 aliphatic rings. The molecule has 92 valence electrons. The summed E-state index contributed by atoms with van der Waals surface area (Å²) < 4.78 is 9.67. The van der Waals surface area contributed by atoms with Crippen molar-refractivity contribution in [3.63, 3.8) is 0 Å². The molecule has 0 saturated carbocycles. The predicted octanol–water partition coefficient (Wildman–Crippen LogP) is 2.23. The fraction of sp³-hybridized carbons (Fsp3) is 0.667. The minimum absolute atomic E-state index is 0.221. The van der Waals surface area contributed by atoms with E-state index in [2.05, 4.69) is 0 Å². The SMILES string of the molecule is CC=C(CCCC(=O)OCC)C(=O)OCC. The van der Waals surface area contributed by atoms with Gasteiger partial charge in [-0.3, -0.25) is 4.79 Å². The third-order valence-corrected chi connectivity index (χ3v) is 2.02. The number of esters is 2. The van der Waals surface area contributed by atoms with E-state index in [-0.39, 0.29) is 11.9 Å². The van der Waals surface area contributed by atoms with Crippen molar-refractivity contribution in [3.8, 4) is 0 Å². The maximum absolute atomic E-state index is 11.4. The van der Waals surface area contributed by atoms with Crippen molar-refractivity contribution in [1.82, 2.24) is 0 Å². The number of ether oxygens (including phenoxy) is 2. The van der Waals surface area contributed by atoms with E-state index in [4.69, 9.17) is 9.47 Å². The van der Waals surface area contributed by atoms with Crippen molar-refractivity contribution in [2.75, 3.05) is 13.2 Å². The number of rotatable bonds is 7. The molecular formula is C12H20O4. The zero-order valence-corrected chi connectivity index (χ0v) is 10.2. The van der Waals surface area contributed by atoms with Crippen LogP contribution in [0.3, 0.4) is 0 Å². The molecule has 0 aliphatic carbocycles. The minimum Gasteiger partial charge on any atom is -0.466 e. The van der Waals surface area contributed by atoms with E-state index in [1.165, 1.54) is 0 Å². The van der Waals surface area contributed by atoms with Gasteiger partial charge in [-0.1, -0.05) is 6.08 Å². The van der Waals surface area contributed by atoms with Crippen LogP contribution in [0.1, 0.15) is 40.0 Å². The van der Waals surface area contributed by atoms with E-state index in [9.17, 15) is 9.59 Å². The highest BCUT2D eigenvalue weighted by atomic mass is 16.5. The van der Waals surface area contributed by atoms with E-state index in [0.717, 1.165) is 0 Å². The molecule has 0 bridgehead atoms. The summed E-state index contributed by atoms with van der Waals surface area (Å²) in [5, 5.41) is 0. The third kappa shape index (κ3) is 6.22. The summed E-state index contributed by atoms with van der Waals surface area (Å²) in [4.78, 5) is 22.4. The number of carbonyl (C=O) groups excluding carboxylic acids is 2. The molecular weight excluding hydrogens is 208 g/mol. The number of hydrogen-bond acceptors (Lipinski definition) is 4. The first-order valence-electron chi connectivity index (χ1n) is 5.63. The molecule has 0 saturated heterocycles. The molecule has 0 unspecified atom stereocenters. The van der Waals surface area contributed by atoms with Crippen molar-refractivity contribution in [1.29, 1.82) is 0 Å². The fourth-order valence-corrected chi connectivity index (χ4v) is 1.24. The van der Waals surface area contributed by atoms with Gasteiger partial charge in [-0.05, 0) is 33.6 Å². The van der Waals surface area contributed by atoms with Crippen LogP contribution in [0.2, 0.25) is 0 Å². The third-order valence-electron chi connectivity index (χ3n) is 2.02. The molecule has 0 fully saturated rings. The van der Waals surface area contributed by atoms with Gasteiger partial charge in [0.1, 0.15) is 0 Å². The van der Waals surface area contributed by atoms with E-state index < -0.39 is 0 Å². The summed E-state index contributed by atoms with van der Waals surface area (Å²) in [5.41, 5.74) is 0.617. The van der Waals surface area contributed by atoms with Gasteiger partial charge >= 0.3 is 11.9 Å². The Morgan fingerprint density at radius 3 is 2.19 bits per heavy atom. The molecule has 0 N–H and O–H groups in total. The van der Waals surface area contributed by atoms with Crippen molar-refractivity contribution >= 4 is 11.9 Å². The Morgan fingerprint density at radius 1 is 1.06 bits per heavy atom. The topological polar surface area (TPSA) is 52.6 Å². The highest BCUT2D eigenvalue weighted by Crippen LogP contribution is 2.10.